The average molecular weight is 339 g/mol. The maximum absolute atomic E-state index is 11.8. The Hall–Kier alpha value is -2.82. The number of aryl methyl sites for hydroxylation is 1. The number of amides is 1. The highest BCUT2D eigenvalue weighted by atomic mass is 16.3. The molecule has 0 aliphatic rings. The SMILES string of the molecule is CCN(CC)c1ccc(/C=N/NC(=O)CCc2ccccc2)c(O)c1. The zero-order valence-corrected chi connectivity index (χ0v) is 14.8. The van der Waals surface area contributed by atoms with E-state index < -0.39 is 0 Å². The third kappa shape index (κ3) is 5.64. The van der Waals surface area contributed by atoms with E-state index in [4.69, 9.17) is 0 Å². The minimum absolute atomic E-state index is 0.145. The molecular weight excluding hydrogens is 314 g/mol. The van der Waals surface area contributed by atoms with Crippen LogP contribution in [0.1, 0.15) is 31.4 Å². The average Bonchev–Trinajstić information content (AvgIpc) is 2.63. The van der Waals surface area contributed by atoms with Crippen LogP contribution >= 0.6 is 0 Å². The Kier molecular flexibility index (Phi) is 7.01. The van der Waals surface area contributed by atoms with Crippen molar-refractivity contribution in [3.05, 3.63) is 59.7 Å². The van der Waals surface area contributed by atoms with Crippen molar-refractivity contribution in [2.24, 2.45) is 5.10 Å². The number of hydrazone groups is 1. The molecule has 5 heteroatoms. The molecule has 0 aromatic heterocycles. The Morgan fingerprint density at radius 3 is 2.52 bits per heavy atom. The molecule has 2 aromatic carbocycles. The smallest absolute Gasteiger partial charge is 0.240 e. The van der Waals surface area contributed by atoms with Gasteiger partial charge >= 0.3 is 0 Å². The summed E-state index contributed by atoms with van der Waals surface area (Å²) in [6.07, 6.45) is 2.50. The zero-order chi connectivity index (χ0) is 18.1. The molecule has 0 spiro atoms. The van der Waals surface area contributed by atoms with Crippen molar-refractivity contribution < 1.29 is 9.90 Å². The van der Waals surface area contributed by atoms with Crippen LogP contribution in [0.4, 0.5) is 5.69 Å². The zero-order valence-electron chi connectivity index (χ0n) is 14.8. The number of aromatic hydroxyl groups is 1. The molecule has 0 fully saturated rings. The van der Waals surface area contributed by atoms with Gasteiger partial charge in [-0.3, -0.25) is 4.79 Å². The van der Waals surface area contributed by atoms with Gasteiger partial charge in [0.25, 0.3) is 0 Å². The van der Waals surface area contributed by atoms with E-state index in [9.17, 15) is 9.90 Å². The number of hydrogen-bond acceptors (Lipinski definition) is 4. The Morgan fingerprint density at radius 1 is 1.16 bits per heavy atom. The predicted molar refractivity (Wildman–Crippen MR) is 102 cm³/mol. The summed E-state index contributed by atoms with van der Waals surface area (Å²) in [5.41, 5.74) is 5.15. The molecule has 2 rings (SSSR count). The van der Waals surface area contributed by atoms with E-state index in [1.807, 2.05) is 36.4 Å². The van der Waals surface area contributed by atoms with Crippen LogP contribution in [0.5, 0.6) is 5.75 Å². The van der Waals surface area contributed by atoms with Crippen LogP contribution in [0.3, 0.4) is 0 Å². The Morgan fingerprint density at radius 2 is 1.88 bits per heavy atom. The first-order valence-electron chi connectivity index (χ1n) is 8.57. The number of rotatable bonds is 8. The van der Waals surface area contributed by atoms with Gasteiger partial charge in [-0.25, -0.2) is 5.43 Å². The van der Waals surface area contributed by atoms with Gasteiger partial charge in [0.05, 0.1) is 6.21 Å². The van der Waals surface area contributed by atoms with E-state index in [0.717, 1.165) is 24.3 Å². The maximum Gasteiger partial charge on any atom is 0.240 e. The Balaban J connectivity index is 1.87. The fourth-order valence-electron chi connectivity index (χ4n) is 2.56. The summed E-state index contributed by atoms with van der Waals surface area (Å²) in [6, 6.07) is 15.3. The first-order chi connectivity index (χ1) is 12.1. The summed E-state index contributed by atoms with van der Waals surface area (Å²) in [5.74, 6) is -0.00830. The number of carbonyl (C=O) groups is 1. The molecular formula is C20H25N3O2. The van der Waals surface area contributed by atoms with Crippen LogP contribution in [0.25, 0.3) is 0 Å². The van der Waals surface area contributed by atoms with Crippen LogP contribution in [0, 0.1) is 0 Å². The van der Waals surface area contributed by atoms with Crippen molar-refractivity contribution in [2.45, 2.75) is 26.7 Å². The first-order valence-corrected chi connectivity index (χ1v) is 8.57. The molecule has 132 valence electrons. The van der Waals surface area contributed by atoms with Gasteiger partial charge in [-0.1, -0.05) is 30.3 Å². The van der Waals surface area contributed by atoms with Gasteiger partial charge in [-0.2, -0.15) is 5.10 Å². The van der Waals surface area contributed by atoms with Gasteiger partial charge in [0.2, 0.25) is 5.91 Å². The van der Waals surface area contributed by atoms with E-state index in [0.29, 0.717) is 18.4 Å². The molecule has 0 radical (unpaired) electrons. The molecule has 0 bridgehead atoms. The predicted octanol–water partition coefficient (Wildman–Crippen LogP) is 3.32. The molecule has 0 aliphatic heterocycles. The minimum Gasteiger partial charge on any atom is -0.507 e. The normalized spacial score (nSPS) is 10.8. The lowest BCUT2D eigenvalue weighted by molar-refractivity contribution is -0.121. The number of anilines is 1. The van der Waals surface area contributed by atoms with Crippen molar-refractivity contribution in [1.82, 2.24) is 5.43 Å². The maximum atomic E-state index is 11.8. The largest absolute Gasteiger partial charge is 0.507 e. The van der Waals surface area contributed by atoms with Crippen LogP contribution in [-0.4, -0.2) is 30.3 Å². The quantitative estimate of drug-likeness (QED) is 0.573. The monoisotopic (exact) mass is 339 g/mol. The molecule has 0 heterocycles. The minimum atomic E-state index is -0.153. The molecule has 1 amide bonds. The first kappa shape index (κ1) is 18.5. The molecule has 2 N–H and O–H groups in total. The van der Waals surface area contributed by atoms with Gasteiger partial charge in [0.1, 0.15) is 5.75 Å². The van der Waals surface area contributed by atoms with Crippen LogP contribution in [0.2, 0.25) is 0 Å². The highest BCUT2D eigenvalue weighted by molar-refractivity contribution is 5.86. The van der Waals surface area contributed by atoms with Gasteiger partial charge in [0.15, 0.2) is 0 Å². The van der Waals surface area contributed by atoms with Crippen molar-refractivity contribution in [3.8, 4) is 5.75 Å². The van der Waals surface area contributed by atoms with Crippen LogP contribution in [0.15, 0.2) is 53.6 Å². The lowest BCUT2D eigenvalue weighted by Gasteiger charge is -2.21. The van der Waals surface area contributed by atoms with E-state index in [1.54, 1.807) is 12.1 Å². The molecule has 0 aliphatic carbocycles. The standard InChI is InChI=1S/C20H25N3O2/c1-3-23(4-2)18-12-11-17(19(24)14-18)15-21-22-20(25)13-10-16-8-6-5-7-9-16/h5-9,11-12,14-15,24H,3-4,10,13H2,1-2H3,(H,22,25)/b21-15+. The summed E-state index contributed by atoms with van der Waals surface area (Å²) in [5, 5.41) is 14.0. The van der Waals surface area contributed by atoms with Crippen LogP contribution < -0.4 is 10.3 Å². The summed E-state index contributed by atoms with van der Waals surface area (Å²) >= 11 is 0. The topological polar surface area (TPSA) is 64.9 Å². The number of phenolic OH excluding ortho intramolecular Hbond substituents is 1. The van der Waals surface area contributed by atoms with E-state index in [1.165, 1.54) is 6.21 Å². The lowest BCUT2D eigenvalue weighted by Crippen LogP contribution is -2.21. The molecule has 0 saturated heterocycles. The second-order valence-corrected chi connectivity index (χ2v) is 5.69. The second kappa shape index (κ2) is 9.47. The van der Waals surface area contributed by atoms with Gasteiger partial charge < -0.3 is 10.0 Å². The molecule has 0 atom stereocenters. The number of nitrogens with one attached hydrogen (secondary N) is 1. The van der Waals surface area contributed by atoms with Gasteiger partial charge in [0, 0.05) is 36.8 Å². The highest BCUT2D eigenvalue weighted by Crippen LogP contribution is 2.23. The second-order valence-electron chi connectivity index (χ2n) is 5.69. The summed E-state index contributed by atoms with van der Waals surface area (Å²) in [4.78, 5) is 14.0. The number of nitrogens with zero attached hydrogens (tertiary/aromatic N) is 2. The number of benzene rings is 2. The summed E-state index contributed by atoms with van der Waals surface area (Å²) < 4.78 is 0. The molecule has 5 nitrogen and oxygen atoms in total. The van der Waals surface area contributed by atoms with Crippen molar-refractivity contribution in [2.75, 3.05) is 18.0 Å². The molecule has 0 unspecified atom stereocenters. The van der Waals surface area contributed by atoms with E-state index in [-0.39, 0.29) is 11.7 Å². The van der Waals surface area contributed by atoms with E-state index >= 15 is 0 Å². The van der Waals surface area contributed by atoms with Crippen molar-refractivity contribution in [3.63, 3.8) is 0 Å². The molecule has 25 heavy (non-hydrogen) atoms. The lowest BCUT2D eigenvalue weighted by atomic mass is 10.1. The van der Waals surface area contributed by atoms with Crippen molar-refractivity contribution in [1.29, 1.82) is 0 Å². The highest BCUT2D eigenvalue weighted by Gasteiger charge is 2.06. The Labute approximate surface area is 149 Å². The third-order valence-corrected chi connectivity index (χ3v) is 4.02. The fraction of sp³-hybridized carbons (Fsp3) is 0.300. The molecule has 0 saturated carbocycles. The van der Waals surface area contributed by atoms with E-state index in [2.05, 4.69) is 29.3 Å². The van der Waals surface area contributed by atoms with Gasteiger partial charge in [-0.05, 0) is 38.0 Å². The Bertz CT molecular complexity index is 710. The van der Waals surface area contributed by atoms with Crippen LogP contribution in [-0.2, 0) is 11.2 Å². The fourth-order valence-corrected chi connectivity index (χ4v) is 2.56. The van der Waals surface area contributed by atoms with Crippen molar-refractivity contribution >= 4 is 17.8 Å². The summed E-state index contributed by atoms with van der Waals surface area (Å²) in [6.45, 7) is 5.89. The molecule has 2 aromatic rings. The van der Waals surface area contributed by atoms with Gasteiger partial charge in [-0.15, -0.1) is 0 Å². The number of hydrogen-bond donors (Lipinski definition) is 2. The third-order valence-electron chi connectivity index (χ3n) is 4.02. The summed E-state index contributed by atoms with van der Waals surface area (Å²) in [7, 11) is 0. The number of phenols is 1. The number of carbonyl (C=O) groups excluding carboxylic acids is 1.